The SMILES string of the molecule is CCc1nc2ccc(N3CCN4C(=O)COCC4C3)nn2c1N(C)c1nc(-c2ccc(F)cc2)cs1. The van der Waals surface area contributed by atoms with Gasteiger partial charge >= 0.3 is 0 Å². The molecule has 0 bridgehead atoms. The number of thiazole rings is 1. The number of nitrogens with zero attached hydrogens (tertiary/aromatic N) is 7. The smallest absolute Gasteiger partial charge is 0.249 e. The summed E-state index contributed by atoms with van der Waals surface area (Å²) in [6.45, 7) is 4.85. The van der Waals surface area contributed by atoms with Crippen molar-refractivity contribution in [2.45, 2.75) is 19.4 Å². The first-order valence-electron chi connectivity index (χ1n) is 12.0. The van der Waals surface area contributed by atoms with Crippen molar-refractivity contribution >= 4 is 39.7 Å². The molecule has 9 nitrogen and oxygen atoms in total. The van der Waals surface area contributed by atoms with Gasteiger partial charge in [-0.05, 0) is 42.8 Å². The molecule has 4 aromatic rings. The molecule has 36 heavy (non-hydrogen) atoms. The van der Waals surface area contributed by atoms with Crippen molar-refractivity contribution < 1.29 is 13.9 Å². The first kappa shape index (κ1) is 22.9. The van der Waals surface area contributed by atoms with Gasteiger partial charge in [0.2, 0.25) is 5.91 Å². The highest BCUT2D eigenvalue weighted by Gasteiger charge is 2.34. The zero-order valence-electron chi connectivity index (χ0n) is 20.1. The van der Waals surface area contributed by atoms with Crippen LogP contribution in [-0.2, 0) is 16.0 Å². The number of piperazine rings is 1. The largest absolute Gasteiger partial charge is 0.369 e. The van der Waals surface area contributed by atoms with Crippen LogP contribution in [0.2, 0.25) is 0 Å². The van der Waals surface area contributed by atoms with Gasteiger partial charge in [0.05, 0.1) is 24.0 Å². The molecule has 0 spiro atoms. The molecule has 0 saturated carbocycles. The second kappa shape index (κ2) is 9.14. The number of carbonyl (C=O) groups is 1. The summed E-state index contributed by atoms with van der Waals surface area (Å²) < 4.78 is 20.7. The summed E-state index contributed by atoms with van der Waals surface area (Å²) in [5, 5.41) is 7.74. The average molecular weight is 508 g/mol. The van der Waals surface area contributed by atoms with Crippen LogP contribution in [0.3, 0.4) is 0 Å². The van der Waals surface area contributed by atoms with Gasteiger partial charge in [0.15, 0.2) is 16.6 Å². The molecule has 0 aliphatic carbocycles. The van der Waals surface area contributed by atoms with Crippen molar-refractivity contribution in [3.8, 4) is 11.3 Å². The first-order valence-corrected chi connectivity index (χ1v) is 12.9. The number of aromatic nitrogens is 4. The van der Waals surface area contributed by atoms with Gasteiger partial charge in [0.25, 0.3) is 0 Å². The van der Waals surface area contributed by atoms with Crippen molar-refractivity contribution in [2.75, 3.05) is 49.7 Å². The minimum Gasteiger partial charge on any atom is -0.369 e. The van der Waals surface area contributed by atoms with Crippen molar-refractivity contribution in [3.05, 3.63) is 53.3 Å². The molecule has 2 aliphatic rings. The maximum atomic E-state index is 13.4. The van der Waals surface area contributed by atoms with Crippen molar-refractivity contribution in [2.24, 2.45) is 0 Å². The number of anilines is 3. The zero-order chi connectivity index (χ0) is 24.8. The normalized spacial score (nSPS) is 18.1. The summed E-state index contributed by atoms with van der Waals surface area (Å²) >= 11 is 1.52. The number of carbonyl (C=O) groups excluding carboxylic acids is 1. The van der Waals surface area contributed by atoms with Crippen molar-refractivity contribution in [1.29, 1.82) is 0 Å². The van der Waals surface area contributed by atoms with Crippen LogP contribution in [0.5, 0.6) is 0 Å². The number of aryl methyl sites for hydroxylation is 1. The van der Waals surface area contributed by atoms with Crippen LogP contribution in [0, 0.1) is 5.82 Å². The van der Waals surface area contributed by atoms with Gasteiger partial charge in [-0.1, -0.05) is 6.92 Å². The Bertz CT molecular complexity index is 1420. The lowest BCUT2D eigenvalue weighted by atomic mass is 10.1. The molecular weight excluding hydrogens is 481 g/mol. The predicted octanol–water partition coefficient (Wildman–Crippen LogP) is 3.37. The van der Waals surface area contributed by atoms with E-state index in [4.69, 9.17) is 19.8 Å². The lowest BCUT2D eigenvalue weighted by Crippen LogP contribution is -2.60. The molecule has 6 rings (SSSR count). The van der Waals surface area contributed by atoms with E-state index in [0.29, 0.717) is 19.7 Å². The monoisotopic (exact) mass is 507 g/mol. The third-order valence-corrected chi connectivity index (χ3v) is 7.66. The number of halogens is 1. The molecule has 1 atom stereocenters. The molecule has 3 aromatic heterocycles. The van der Waals surface area contributed by atoms with E-state index in [1.807, 2.05) is 38.9 Å². The minimum absolute atomic E-state index is 0.0360. The van der Waals surface area contributed by atoms with Gasteiger partial charge < -0.3 is 19.4 Å². The second-order valence-corrected chi connectivity index (χ2v) is 9.82. The highest BCUT2D eigenvalue weighted by molar-refractivity contribution is 7.14. The fourth-order valence-electron chi connectivity index (χ4n) is 4.86. The fraction of sp³-hybridized carbons (Fsp3) is 0.360. The van der Waals surface area contributed by atoms with Crippen LogP contribution in [0.1, 0.15) is 12.6 Å². The van der Waals surface area contributed by atoms with Crippen LogP contribution in [0.15, 0.2) is 41.8 Å². The Labute approximate surface area is 211 Å². The zero-order valence-corrected chi connectivity index (χ0v) is 20.9. The highest BCUT2D eigenvalue weighted by Crippen LogP contribution is 2.34. The van der Waals surface area contributed by atoms with Gasteiger partial charge in [-0.3, -0.25) is 4.79 Å². The number of amides is 1. The van der Waals surface area contributed by atoms with Crippen LogP contribution in [0.4, 0.5) is 21.2 Å². The highest BCUT2D eigenvalue weighted by atomic mass is 32.1. The Hall–Kier alpha value is -3.57. The van der Waals surface area contributed by atoms with Crippen molar-refractivity contribution in [1.82, 2.24) is 24.5 Å². The molecule has 2 fully saturated rings. The summed E-state index contributed by atoms with van der Waals surface area (Å²) in [4.78, 5) is 27.9. The number of rotatable bonds is 5. The van der Waals surface area contributed by atoms with E-state index < -0.39 is 0 Å². The molecular formula is C25H26FN7O2S. The van der Waals surface area contributed by atoms with E-state index in [9.17, 15) is 9.18 Å². The van der Waals surface area contributed by atoms with E-state index in [2.05, 4.69) is 11.8 Å². The molecule has 5 heterocycles. The number of benzene rings is 1. The van der Waals surface area contributed by atoms with Gasteiger partial charge in [0.1, 0.15) is 18.2 Å². The van der Waals surface area contributed by atoms with E-state index in [1.165, 1.54) is 23.5 Å². The second-order valence-electron chi connectivity index (χ2n) is 8.98. The lowest BCUT2D eigenvalue weighted by molar-refractivity contribution is -0.148. The quantitative estimate of drug-likeness (QED) is 0.410. The Balaban J connectivity index is 1.32. The van der Waals surface area contributed by atoms with Crippen molar-refractivity contribution in [3.63, 3.8) is 0 Å². The third kappa shape index (κ3) is 3.97. The summed E-state index contributed by atoms with van der Waals surface area (Å²) in [5.74, 6) is 1.49. The number of hydrogen-bond acceptors (Lipinski definition) is 8. The predicted molar refractivity (Wildman–Crippen MR) is 136 cm³/mol. The molecule has 1 aromatic carbocycles. The molecule has 186 valence electrons. The van der Waals surface area contributed by atoms with E-state index in [0.717, 1.165) is 52.3 Å². The Morgan fingerprint density at radius 1 is 1.17 bits per heavy atom. The number of ether oxygens (including phenoxy) is 1. The molecule has 11 heteroatoms. The van der Waals surface area contributed by atoms with Crippen LogP contribution >= 0.6 is 11.3 Å². The standard InChI is InChI=1S/C25H26FN7O2S/c1-3-19-24(30(2)25-28-20(15-36-25)16-4-6-17(26)7-5-16)33-21(27-19)8-9-22(29-33)31-10-11-32-18(12-31)13-35-14-23(32)34/h4-9,15,18H,3,10-14H2,1-2H3. The summed E-state index contributed by atoms with van der Waals surface area (Å²) in [6.07, 6.45) is 0.745. The Kier molecular flexibility index (Phi) is 5.81. The molecule has 0 N–H and O–H groups in total. The van der Waals surface area contributed by atoms with Crippen LogP contribution in [-0.4, -0.2) is 76.3 Å². The number of hydrogen-bond donors (Lipinski definition) is 0. The molecule has 2 saturated heterocycles. The first-order chi connectivity index (χ1) is 17.5. The Morgan fingerprint density at radius 3 is 2.81 bits per heavy atom. The topological polar surface area (TPSA) is 79.1 Å². The maximum absolute atomic E-state index is 13.4. The molecule has 1 unspecified atom stereocenters. The molecule has 2 aliphatic heterocycles. The molecule has 0 radical (unpaired) electrons. The number of imidazole rings is 1. The summed E-state index contributed by atoms with van der Waals surface area (Å²) in [5.41, 5.74) is 3.36. The lowest BCUT2D eigenvalue weighted by Gasteiger charge is -2.43. The Morgan fingerprint density at radius 2 is 2.00 bits per heavy atom. The van der Waals surface area contributed by atoms with Crippen LogP contribution < -0.4 is 9.80 Å². The van der Waals surface area contributed by atoms with E-state index in [1.54, 1.807) is 12.1 Å². The van der Waals surface area contributed by atoms with E-state index >= 15 is 0 Å². The summed E-state index contributed by atoms with van der Waals surface area (Å²) in [6, 6.07) is 10.4. The van der Waals surface area contributed by atoms with Crippen LogP contribution in [0.25, 0.3) is 16.9 Å². The maximum Gasteiger partial charge on any atom is 0.249 e. The van der Waals surface area contributed by atoms with Gasteiger partial charge in [-0.25, -0.2) is 14.4 Å². The summed E-state index contributed by atoms with van der Waals surface area (Å²) in [7, 11) is 1.97. The van der Waals surface area contributed by atoms with Gasteiger partial charge in [-0.15, -0.1) is 16.4 Å². The number of morpholine rings is 1. The average Bonchev–Trinajstić information content (AvgIpc) is 3.53. The minimum atomic E-state index is -0.268. The number of fused-ring (bicyclic) bond motifs is 2. The van der Waals surface area contributed by atoms with E-state index in [-0.39, 0.29) is 24.4 Å². The third-order valence-electron chi connectivity index (χ3n) is 6.74. The van der Waals surface area contributed by atoms with Gasteiger partial charge in [-0.2, -0.15) is 4.52 Å². The molecule has 1 amide bonds. The fourth-order valence-corrected chi connectivity index (χ4v) is 5.66. The van der Waals surface area contributed by atoms with Gasteiger partial charge in [0, 0.05) is 37.6 Å².